The Morgan fingerprint density at radius 2 is 1.73 bits per heavy atom. The molecule has 0 amide bonds. The molecule has 158 valence electrons. The topological polar surface area (TPSA) is 59.1 Å². The summed E-state index contributed by atoms with van der Waals surface area (Å²) in [5, 5.41) is 5.67. The van der Waals surface area contributed by atoms with Gasteiger partial charge < -0.3 is 15.4 Å². The third-order valence-corrected chi connectivity index (χ3v) is 4.44. The van der Waals surface area contributed by atoms with Gasteiger partial charge in [0.2, 0.25) is 5.95 Å². The lowest BCUT2D eigenvalue weighted by atomic mass is 10.2. The Morgan fingerprint density at radius 1 is 1.03 bits per heavy atom. The number of halogens is 4. The number of benzene rings is 2. The standard InChI is InChI=1S/C21H20BrF3N4O/c1-13(2)12-30-18-6-4-3-5-17(18)28-19-16(21(23,24)25)11-26-20(29-19)27-15-9-7-14(22)8-10-15/h3-11,13H,12H2,1-2H3,(H2,26,27,28,29). The van der Waals surface area contributed by atoms with Crippen molar-refractivity contribution in [2.24, 2.45) is 5.92 Å². The summed E-state index contributed by atoms with van der Waals surface area (Å²) in [5.74, 6) is 0.385. The van der Waals surface area contributed by atoms with Gasteiger partial charge in [-0.3, -0.25) is 0 Å². The third kappa shape index (κ3) is 5.85. The van der Waals surface area contributed by atoms with Crippen molar-refractivity contribution >= 4 is 39.1 Å². The Balaban J connectivity index is 1.93. The molecule has 3 aromatic rings. The highest BCUT2D eigenvalue weighted by Gasteiger charge is 2.35. The maximum Gasteiger partial charge on any atom is 0.421 e. The lowest BCUT2D eigenvalue weighted by Gasteiger charge is -2.17. The van der Waals surface area contributed by atoms with E-state index in [1.54, 1.807) is 48.5 Å². The van der Waals surface area contributed by atoms with Gasteiger partial charge in [-0.05, 0) is 42.3 Å². The number of ether oxygens (including phenoxy) is 1. The molecule has 0 bridgehead atoms. The van der Waals surface area contributed by atoms with Crippen LogP contribution in [-0.4, -0.2) is 16.6 Å². The van der Waals surface area contributed by atoms with E-state index in [0.29, 0.717) is 23.7 Å². The summed E-state index contributed by atoms with van der Waals surface area (Å²) in [4.78, 5) is 7.89. The molecule has 0 aliphatic carbocycles. The predicted octanol–water partition coefficient (Wildman–Crippen LogP) is 6.78. The molecule has 0 fully saturated rings. The van der Waals surface area contributed by atoms with E-state index in [2.05, 4.69) is 36.5 Å². The second-order valence-electron chi connectivity index (χ2n) is 6.91. The van der Waals surface area contributed by atoms with Gasteiger partial charge >= 0.3 is 6.18 Å². The number of para-hydroxylation sites is 2. The Hall–Kier alpha value is -2.81. The number of hydrogen-bond acceptors (Lipinski definition) is 5. The third-order valence-electron chi connectivity index (χ3n) is 3.91. The SMILES string of the molecule is CC(C)COc1ccccc1Nc1nc(Nc2ccc(Br)cc2)ncc1C(F)(F)F. The number of aromatic nitrogens is 2. The van der Waals surface area contributed by atoms with E-state index in [-0.39, 0.29) is 17.7 Å². The summed E-state index contributed by atoms with van der Waals surface area (Å²) in [7, 11) is 0. The number of anilines is 4. The predicted molar refractivity (Wildman–Crippen MR) is 115 cm³/mol. The van der Waals surface area contributed by atoms with Gasteiger partial charge in [-0.15, -0.1) is 0 Å². The Bertz CT molecular complexity index is 994. The highest BCUT2D eigenvalue weighted by atomic mass is 79.9. The van der Waals surface area contributed by atoms with Crippen LogP contribution < -0.4 is 15.4 Å². The van der Waals surface area contributed by atoms with Gasteiger partial charge in [0.1, 0.15) is 17.1 Å². The molecule has 0 spiro atoms. The van der Waals surface area contributed by atoms with E-state index in [0.717, 1.165) is 10.7 Å². The van der Waals surface area contributed by atoms with Gasteiger partial charge in [-0.2, -0.15) is 18.2 Å². The van der Waals surface area contributed by atoms with Crippen LogP contribution >= 0.6 is 15.9 Å². The fraction of sp³-hybridized carbons (Fsp3) is 0.238. The first kappa shape index (κ1) is 21.9. The molecule has 9 heteroatoms. The van der Waals surface area contributed by atoms with E-state index >= 15 is 0 Å². The van der Waals surface area contributed by atoms with Gasteiger partial charge in [0.25, 0.3) is 0 Å². The van der Waals surface area contributed by atoms with Crippen molar-refractivity contribution in [1.29, 1.82) is 0 Å². The fourth-order valence-corrected chi connectivity index (χ4v) is 2.75. The largest absolute Gasteiger partial charge is 0.491 e. The zero-order valence-corrected chi connectivity index (χ0v) is 17.9. The van der Waals surface area contributed by atoms with Crippen molar-refractivity contribution < 1.29 is 17.9 Å². The molecule has 2 N–H and O–H groups in total. The molecule has 0 aliphatic rings. The molecular weight excluding hydrogens is 461 g/mol. The molecule has 2 aromatic carbocycles. The Labute approximate surface area is 180 Å². The summed E-state index contributed by atoms with van der Waals surface area (Å²) < 4.78 is 47.2. The van der Waals surface area contributed by atoms with E-state index in [1.807, 2.05) is 13.8 Å². The molecule has 1 heterocycles. The minimum absolute atomic E-state index is 0.0356. The van der Waals surface area contributed by atoms with Gasteiger partial charge in [0.05, 0.1) is 12.3 Å². The molecule has 0 saturated heterocycles. The van der Waals surface area contributed by atoms with Crippen LogP contribution in [0.15, 0.2) is 59.2 Å². The van der Waals surface area contributed by atoms with Gasteiger partial charge in [0, 0.05) is 16.4 Å². The van der Waals surface area contributed by atoms with Crippen molar-refractivity contribution in [2.45, 2.75) is 20.0 Å². The highest BCUT2D eigenvalue weighted by molar-refractivity contribution is 9.10. The zero-order valence-electron chi connectivity index (χ0n) is 16.3. The van der Waals surface area contributed by atoms with Gasteiger partial charge in [-0.1, -0.05) is 41.9 Å². The summed E-state index contributed by atoms with van der Waals surface area (Å²) >= 11 is 3.33. The van der Waals surface area contributed by atoms with Crippen LogP contribution in [0.4, 0.5) is 36.3 Å². The maximum absolute atomic E-state index is 13.5. The van der Waals surface area contributed by atoms with Crippen LogP contribution in [0, 0.1) is 5.92 Å². The molecule has 1 aromatic heterocycles. The fourth-order valence-electron chi connectivity index (χ4n) is 2.49. The summed E-state index contributed by atoms with van der Waals surface area (Å²) in [6, 6.07) is 13.9. The second-order valence-corrected chi connectivity index (χ2v) is 7.83. The van der Waals surface area contributed by atoms with E-state index in [4.69, 9.17) is 4.74 Å². The molecule has 0 radical (unpaired) electrons. The van der Waals surface area contributed by atoms with Gasteiger partial charge in [-0.25, -0.2) is 4.98 Å². The Morgan fingerprint density at radius 3 is 2.40 bits per heavy atom. The van der Waals surface area contributed by atoms with E-state index in [9.17, 15) is 13.2 Å². The van der Waals surface area contributed by atoms with E-state index < -0.39 is 11.7 Å². The van der Waals surface area contributed by atoms with Crippen LogP contribution in [0.3, 0.4) is 0 Å². The zero-order chi connectivity index (χ0) is 21.7. The first-order valence-corrected chi connectivity index (χ1v) is 9.97. The van der Waals surface area contributed by atoms with Crippen molar-refractivity contribution in [3.63, 3.8) is 0 Å². The summed E-state index contributed by atoms with van der Waals surface area (Å²) in [6.45, 7) is 4.41. The molecule has 0 unspecified atom stereocenters. The highest BCUT2D eigenvalue weighted by Crippen LogP contribution is 2.37. The van der Waals surface area contributed by atoms with Crippen molar-refractivity contribution in [3.05, 3.63) is 64.8 Å². The van der Waals surface area contributed by atoms with Crippen LogP contribution in [0.2, 0.25) is 0 Å². The molecule has 0 atom stereocenters. The van der Waals surface area contributed by atoms with Crippen molar-refractivity contribution in [1.82, 2.24) is 9.97 Å². The van der Waals surface area contributed by atoms with Crippen molar-refractivity contribution in [3.8, 4) is 5.75 Å². The van der Waals surface area contributed by atoms with Crippen molar-refractivity contribution in [2.75, 3.05) is 17.2 Å². The Kier molecular flexibility index (Phi) is 6.81. The van der Waals surface area contributed by atoms with Gasteiger partial charge in [0.15, 0.2) is 0 Å². The molecule has 3 rings (SSSR count). The first-order chi connectivity index (χ1) is 14.2. The number of nitrogens with zero attached hydrogens (tertiary/aromatic N) is 2. The minimum Gasteiger partial charge on any atom is -0.491 e. The average molecular weight is 481 g/mol. The number of nitrogens with one attached hydrogen (secondary N) is 2. The van der Waals surface area contributed by atoms with Crippen LogP contribution in [0.5, 0.6) is 5.75 Å². The average Bonchev–Trinajstić information content (AvgIpc) is 2.68. The van der Waals surface area contributed by atoms with Crippen LogP contribution in [-0.2, 0) is 6.18 Å². The molecule has 0 aliphatic heterocycles. The number of hydrogen-bond donors (Lipinski definition) is 2. The molecule has 0 saturated carbocycles. The summed E-state index contributed by atoms with van der Waals surface area (Å²) in [5.41, 5.74) is 0.0593. The number of rotatable bonds is 7. The van der Waals surface area contributed by atoms with Crippen LogP contribution in [0.1, 0.15) is 19.4 Å². The van der Waals surface area contributed by atoms with E-state index in [1.165, 1.54) is 0 Å². The summed E-state index contributed by atoms with van der Waals surface area (Å²) in [6.07, 6.45) is -3.86. The molecule has 30 heavy (non-hydrogen) atoms. The second kappa shape index (κ2) is 9.34. The lowest BCUT2D eigenvalue weighted by Crippen LogP contribution is -2.13. The smallest absolute Gasteiger partial charge is 0.421 e. The normalized spacial score (nSPS) is 11.4. The minimum atomic E-state index is -4.62. The molecule has 5 nitrogen and oxygen atoms in total. The van der Waals surface area contributed by atoms with Crippen LogP contribution in [0.25, 0.3) is 0 Å². The maximum atomic E-state index is 13.5. The monoisotopic (exact) mass is 480 g/mol. The molecular formula is C21H20BrF3N4O. The lowest BCUT2D eigenvalue weighted by molar-refractivity contribution is -0.137. The number of alkyl halides is 3. The quantitative estimate of drug-likeness (QED) is 0.390. The first-order valence-electron chi connectivity index (χ1n) is 9.18.